The first-order valence-electron chi connectivity index (χ1n) is 5.96. The van der Waals surface area contributed by atoms with E-state index >= 15 is 0 Å². The van der Waals surface area contributed by atoms with Crippen LogP contribution in [0.25, 0.3) is 0 Å². The first-order valence-corrected chi connectivity index (χ1v) is 5.96. The van der Waals surface area contributed by atoms with Crippen molar-refractivity contribution < 1.29 is 29.4 Å². The van der Waals surface area contributed by atoms with Gasteiger partial charge in [-0.2, -0.15) is 0 Å². The fourth-order valence-electron chi connectivity index (χ4n) is 1.72. The molecular formula is C11H17N3O6. The van der Waals surface area contributed by atoms with Gasteiger partial charge in [-0.3, -0.25) is 14.9 Å². The fourth-order valence-corrected chi connectivity index (χ4v) is 1.72. The summed E-state index contributed by atoms with van der Waals surface area (Å²) in [5.41, 5.74) is -1.28. The maximum atomic E-state index is 12.0. The number of amides is 4. The minimum absolute atomic E-state index is 0.171. The van der Waals surface area contributed by atoms with E-state index in [2.05, 4.69) is 10.6 Å². The third-order valence-corrected chi connectivity index (χ3v) is 3.04. The number of carbonyl (C=O) groups excluding carboxylic acids is 3. The number of aliphatic hydroxyl groups is 1. The second-order valence-corrected chi connectivity index (χ2v) is 4.88. The third kappa shape index (κ3) is 3.23. The number of urea groups is 1. The number of hydrogen-bond acceptors (Lipinski definition) is 5. The number of carboxylic acids is 1. The van der Waals surface area contributed by atoms with Gasteiger partial charge in [-0.1, -0.05) is 0 Å². The molecule has 0 aromatic rings. The summed E-state index contributed by atoms with van der Waals surface area (Å²) in [6.07, 6.45) is -0.171. The highest BCUT2D eigenvalue weighted by Gasteiger charge is 2.44. The number of rotatable bonds is 4. The Morgan fingerprint density at radius 2 is 2.05 bits per heavy atom. The van der Waals surface area contributed by atoms with Gasteiger partial charge in [0.15, 0.2) is 0 Å². The Morgan fingerprint density at radius 3 is 2.55 bits per heavy atom. The molecule has 1 heterocycles. The van der Waals surface area contributed by atoms with E-state index in [4.69, 9.17) is 10.2 Å². The predicted octanol–water partition coefficient (Wildman–Crippen LogP) is -1.73. The molecule has 0 aliphatic carbocycles. The molecule has 9 heteroatoms. The third-order valence-electron chi connectivity index (χ3n) is 3.04. The molecule has 0 spiro atoms. The Hall–Kier alpha value is -2.16. The second-order valence-electron chi connectivity index (χ2n) is 4.88. The SMILES string of the molecule is CC1(C)C(=O)NC(=O)CN1C(=O)NC(CCO)C(=O)O. The average molecular weight is 287 g/mol. The normalized spacial score (nSPS) is 19.2. The van der Waals surface area contributed by atoms with Crippen molar-refractivity contribution in [2.24, 2.45) is 0 Å². The lowest BCUT2D eigenvalue weighted by molar-refractivity contribution is -0.142. The van der Waals surface area contributed by atoms with Gasteiger partial charge in [0.2, 0.25) is 5.91 Å². The van der Waals surface area contributed by atoms with E-state index in [9.17, 15) is 19.2 Å². The Labute approximate surface area is 114 Å². The standard InChI is InChI=1S/C11H17N3O6/c1-11(2)9(19)13-7(16)5-14(11)10(20)12-6(3-4-15)8(17)18/h6,15H,3-5H2,1-2H3,(H,12,20)(H,17,18)(H,13,16,19). The first kappa shape index (κ1) is 15.9. The van der Waals surface area contributed by atoms with E-state index in [1.54, 1.807) is 0 Å². The van der Waals surface area contributed by atoms with Crippen molar-refractivity contribution in [2.75, 3.05) is 13.2 Å². The maximum absolute atomic E-state index is 12.0. The number of nitrogens with one attached hydrogen (secondary N) is 2. The fraction of sp³-hybridized carbons (Fsp3) is 0.636. The monoisotopic (exact) mass is 287 g/mol. The zero-order valence-electron chi connectivity index (χ0n) is 11.2. The van der Waals surface area contributed by atoms with Crippen LogP contribution in [-0.2, 0) is 14.4 Å². The lowest BCUT2D eigenvalue weighted by Gasteiger charge is -2.40. The van der Waals surface area contributed by atoms with Gasteiger partial charge in [0, 0.05) is 13.0 Å². The summed E-state index contributed by atoms with van der Waals surface area (Å²) in [4.78, 5) is 46.9. The lowest BCUT2D eigenvalue weighted by Crippen LogP contribution is -2.67. The number of aliphatic hydroxyl groups excluding tert-OH is 1. The Bertz CT molecular complexity index is 447. The highest BCUT2D eigenvalue weighted by Crippen LogP contribution is 2.18. The van der Waals surface area contributed by atoms with Crippen molar-refractivity contribution in [1.82, 2.24) is 15.5 Å². The van der Waals surface area contributed by atoms with Gasteiger partial charge >= 0.3 is 12.0 Å². The Balaban J connectivity index is 2.86. The van der Waals surface area contributed by atoms with Gasteiger partial charge in [-0.15, -0.1) is 0 Å². The molecule has 1 aliphatic heterocycles. The zero-order valence-corrected chi connectivity index (χ0v) is 11.2. The maximum Gasteiger partial charge on any atom is 0.326 e. The molecule has 1 atom stereocenters. The molecule has 1 unspecified atom stereocenters. The lowest BCUT2D eigenvalue weighted by atomic mass is 9.99. The molecule has 0 saturated carbocycles. The van der Waals surface area contributed by atoms with Crippen LogP contribution in [0.5, 0.6) is 0 Å². The van der Waals surface area contributed by atoms with Crippen molar-refractivity contribution in [3.8, 4) is 0 Å². The Kier molecular flexibility index (Phi) is 4.66. The molecule has 1 fully saturated rings. The topological polar surface area (TPSA) is 136 Å². The van der Waals surface area contributed by atoms with Crippen molar-refractivity contribution >= 4 is 23.8 Å². The molecule has 20 heavy (non-hydrogen) atoms. The van der Waals surface area contributed by atoms with Gasteiger partial charge in [-0.25, -0.2) is 9.59 Å². The van der Waals surface area contributed by atoms with Crippen LogP contribution in [0.3, 0.4) is 0 Å². The number of nitrogens with zero attached hydrogens (tertiary/aromatic N) is 1. The van der Waals surface area contributed by atoms with Crippen LogP contribution in [0.15, 0.2) is 0 Å². The molecule has 0 aromatic heterocycles. The van der Waals surface area contributed by atoms with Gasteiger partial charge in [0.1, 0.15) is 18.1 Å². The van der Waals surface area contributed by atoms with Crippen LogP contribution >= 0.6 is 0 Å². The van der Waals surface area contributed by atoms with Crippen LogP contribution in [-0.4, -0.2) is 63.7 Å². The van der Waals surface area contributed by atoms with Gasteiger partial charge < -0.3 is 20.4 Å². The van der Waals surface area contributed by atoms with E-state index in [1.165, 1.54) is 13.8 Å². The molecule has 0 aromatic carbocycles. The quantitative estimate of drug-likeness (QED) is 0.453. The summed E-state index contributed by atoms with van der Waals surface area (Å²) in [5.74, 6) is -2.59. The molecule has 1 saturated heterocycles. The average Bonchev–Trinajstić information content (AvgIpc) is 2.33. The summed E-state index contributed by atoms with van der Waals surface area (Å²) in [7, 11) is 0. The van der Waals surface area contributed by atoms with E-state index in [-0.39, 0.29) is 13.0 Å². The summed E-state index contributed by atoms with van der Waals surface area (Å²) in [6.45, 7) is 2.11. The van der Waals surface area contributed by atoms with E-state index in [0.29, 0.717) is 0 Å². The summed E-state index contributed by atoms with van der Waals surface area (Å²) >= 11 is 0. The van der Waals surface area contributed by atoms with Crippen LogP contribution < -0.4 is 10.6 Å². The largest absolute Gasteiger partial charge is 0.480 e. The summed E-state index contributed by atoms with van der Waals surface area (Å²) < 4.78 is 0. The number of carbonyl (C=O) groups is 4. The van der Waals surface area contributed by atoms with Crippen molar-refractivity contribution in [3.05, 3.63) is 0 Å². The zero-order chi connectivity index (χ0) is 15.5. The minimum Gasteiger partial charge on any atom is -0.480 e. The van der Waals surface area contributed by atoms with Crippen LogP contribution in [0, 0.1) is 0 Å². The summed E-state index contributed by atoms with van der Waals surface area (Å²) in [6, 6.07) is -2.14. The minimum atomic E-state index is -1.31. The number of aliphatic carboxylic acids is 1. The van der Waals surface area contributed by atoms with Crippen LogP contribution in [0.2, 0.25) is 0 Å². The molecule has 9 nitrogen and oxygen atoms in total. The number of imide groups is 1. The highest BCUT2D eigenvalue weighted by atomic mass is 16.4. The first-order chi connectivity index (χ1) is 9.20. The summed E-state index contributed by atoms with van der Waals surface area (Å²) in [5, 5.41) is 21.9. The number of hydrogen-bond donors (Lipinski definition) is 4. The van der Waals surface area contributed by atoms with Crippen molar-refractivity contribution in [3.63, 3.8) is 0 Å². The molecule has 1 aliphatic rings. The van der Waals surface area contributed by atoms with Crippen LogP contribution in [0.4, 0.5) is 4.79 Å². The molecule has 0 radical (unpaired) electrons. The van der Waals surface area contributed by atoms with Crippen molar-refractivity contribution in [2.45, 2.75) is 31.8 Å². The van der Waals surface area contributed by atoms with Gasteiger partial charge in [0.25, 0.3) is 5.91 Å². The van der Waals surface area contributed by atoms with E-state index < -0.39 is 42.0 Å². The predicted molar refractivity (Wildman–Crippen MR) is 65.6 cm³/mol. The molecule has 1 rings (SSSR count). The Morgan fingerprint density at radius 1 is 1.45 bits per heavy atom. The molecule has 0 bridgehead atoms. The molecule has 112 valence electrons. The smallest absolute Gasteiger partial charge is 0.326 e. The number of piperazine rings is 1. The van der Waals surface area contributed by atoms with Crippen LogP contribution in [0.1, 0.15) is 20.3 Å². The van der Waals surface area contributed by atoms with E-state index in [0.717, 1.165) is 4.90 Å². The molecule has 4 amide bonds. The van der Waals surface area contributed by atoms with Crippen molar-refractivity contribution in [1.29, 1.82) is 0 Å². The second kappa shape index (κ2) is 5.87. The van der Waals surface area contributed by atoms with E-state index in [1.807, 2.05) is 0 Å². The number of carboxylic acid groups (broad SMARTS) is 1. The highest BCUT2D eigenvalue weighted by molar-refractivity contribution is 6.06. The molecule has 4 N–H and O–H groups in total. The molecular weight excluding hydrogens is 270 g/mol. The van der Waals surface area contributed by atoms with Gasteiger partial charge in [0.05, 0.1) is 0 Å². The van der Waals surface area contributed by atoms with Gasteiger partial charge in [-0.05, 0) is 13.8 Å².